The standard InChI is InChI=1S/C16H13FN2O5/c17-12-3-6-15(19(21)22)16(7-12)24-10-13(20)9-23-14-4-1-11(8-18)2-5-14/h1-7,13,20H,9-10H2/t13-/m1/s1. The fraction of sp³-hybridized carbons (Fsp3) is 0.188. The Morgan fingerprint density at radius 1 is 1.21 bits per heavy atom. The fourth-order valence-corrected chi connectivity index (χ4v) is 1.81. The molecule has 0 aliphatic heterocycles. The minimum Gasteiger partial charge on any atom is -0.491 e. The summed E-state index contributed by atoms with van der Waals surface area (Å²) in [5, 5.41) is 29.3. The lowest BCUT2D eigenvalue weighted by Gasteiger charge is -2.13. The summed E-state index contributed by atoms with van der Waals surface area (Å²) < 4.78 is 23.6. The Bertz CT molecular complexity index is 758. The molecule has 2 aromatic carbocycles. The van der Waals surface area contributed by atoms with Gasteiger partial charge in [0.25, 0.3) is 0 Å². The summed E-state index contributed by atoms with van der Waals surface area (Å²) in [5.74, 6) is -0.499. The van der Waals surface area contributed by atoms with Crippen LogP contribution in [-0.4, -0.2) is 29.3 Å². The normalized spacial score (nSPS) is 11.4. The number of hydrogen-bond acceptors (Lipinski definition) is 6. The highest BCUT2D eigenvalue weighted by molar-refractivity contribution is 5.46. The molecule has 2 aromatic rings. The zero-order chi connectivity index (χ0) is 17.5. The maximum Gasteiger partial charge on any atom is 0.311 e. The van der Waals surface area contributed by atoms with E-state index >= 15 is 0 Å². The number of aliphatic hydroxyl groups is 1. The van der Waals surface area contributed by atoms with E-state index in [9.17, 15) is 19.6 Å². The Morgan fingerprint density at radius 2 is 1.88 bits per heavy atom. The minimum atomic E-state index is -1.08. The van der Waals surface area contributed by atoms with Crippen LogP contribution in [0.15, 0.2) is 42.5 Å². The largest absolute Gasteiger partial charge is 0.491 e. The summed E-state index contributed by atoms with van der Waals surface area (Å²) in [4.78, 5) is 10.1. The summed E-state index contributed by atoms with van der Waals surface area (Å²) in [6, 6.07) is 11.1. The van der Waals surface area contributed by atoms with Crippen molar-refractivity contribution in [2.45, 2.75) is 6.10 Å². The predicted octanol–water partition coefficient (Wildman–Crippen LogP) is 2.42. The van der Waals surface area contributed by atoms with Crippen LogP contribution in [0.3, 0.4) is 0 Å². The number of nitro groups is 1. The topological polar surface area (TPSA) is 106 Å². The highest BCUT2D eigenvalue weighted by Gasteiger charge is 2.17. The number of nitrogens with zero attached hydrogens (tertiary/aromatic N) is 2. The van der Waals surface area contributed by atoms with E-state index < -0.39 is 22.5 Å². The molecule has 8 heteroatoms. The fourth-order valence-electron chi connectivity index (χ4n) is 1.81. The molecule has 0 aliphatic carbocycles. The number of hydrogen-bond donors (Lipinski definition) is 1. The summed E-state index contributed by atoms with van der Waals surface area (Å²) in [6.07, 6.45) is -1.08. The van der Waals surface area contributed by atoms with Crippen molar-refractivity contribution in [3.63, 3.8) is 0 Å². The predicted molar refractivity (Wildman–Crippen MR) is 81.2 cm³/mol. The monoisotopic (exact) mass is 332 g/mol. The molecule has 124 valence electrons. The Labute approximate surface area is 136 Å². The molecule has 0 fully saturated rings. The third kappa shape index (κ3) is 4.66. The van der Waals surface area contributed by atoms with Crippen LogP contribution in [0, 0.1) is 27.3 Å². The van der Waals surface area contributed by atoms with Gasteiger partial charge in [-0.2, -0.15) is 5.26 Å². The number of rotatable bonds is 7. The average molecular weight is 332 g/mol. The van der Waals surface area contributed by atoms with E-state index in [1.807, 2.05) is 6.07 Å². The number of ether oxygens (including phenoxy) is 2. The van der Waals surface area contributed by atoms with Crippen molar-refractivity contribution in [3.05, 3.63) is 64.0 Å². The SMILES string of the molecule is N#Cc1ccc(OC[C@@H](O)COc2cc(F)ccc2[N+](=O)[O-])cc1. The lowest BCUT2D eigenvalue weighted by Crippen LogP contribution is -2.25. The van der Waals surface area contributed by atoms with Crippen LogP contribution in [0.4, 0.5) is 10.1 Å². The molecule has 7 nitrogen and oxygen atoms in total. The Hall–Kier alpha value is -3.18. The van der Waals surface area contributed by atoms with Gasteiger partial charge in [0.1, 0.15) is 30.9 Å². The van der Waals surface area contributed by atoms with Crippen LogP contribution < -0.4 is 9.47 Å². The molecular weight excluding hydrogens is 319 g/mol. The maximum atomic E-state index is 13.2. The Kier molecular flexibility index (Phi) is 5.65. The number of benzene rings is 2. The van der Waals surface area contributed by atoms with Crippen LogP contribution in [0.25, 0.3) is 0 Å². The summed E-state index contributed by atoms with van der Waals surface area (Å²) in [5.41, 5.74) is 0.0845. The molecule has 0 saturated heterocycles. The molecule has 0 spiro atoms. The second-order valence-electron chi connectivity index (χ2n) is 4.78. The summed E-state index contributed by atoms with van der Waals surface area (Å²) in [7, 11) is 0. The van der Waals surface area contributed by atoms with Gasteiger partial charge >= 0.3 is 5.69 Å². The van der Waals surface area contributed by atoms with Gasteiger partial charge in [-0.25, -0.2) is 4.39 Å². The number of halogens is 1. The van der Waals surface area contributed by atoms with Gasteiger partial charge in [0.05, 0.1) is 16.6 Å². The van der Waals surface area contributed by atoms with Crippen LogP contribution in [-0.2, 0) is 0 Å². The van der Waals surface area contributed by atoms with E-state index in [-0.39, 0.29) is 19.0 Å². The van der Waals surface area contributed by atoms with Gasteiger partial charge in [0.15, 0.2) is 5.75 Å². The Balaban J connectivity index is 1.89. The van der Waals surface area contributed by atoms with Gasteiger partial charge in [-0.3, -0.25) is 10.1 Å². The first-order chi connectivity index (χ1) is 11.5. The van der Waals surface area contributed by atoms with Gasteiger partial charge in [0.2, 0.25) is 0 Å². The molecule has 0 heterocycles. The van der Waals surface area contributed by atoms with E-state index in [1.54, 1.807) is 24.3 Å². The number of nitriles is 1. The smallest absolute Gasteiger partial charge is 0.311 e. The molecule has 0 radical (unpaired) electrons. The van der Waals surface area contributed by atoms with Crippen molar-refractivity contribution in [1.82, 2.24) is 0 Å². The molecule has 0 saturated carbocycles. The van der Waals surface area contributed by atoms with Gasteiger partial charge < -0.3 is 14.6 Å². The molecule has 1 N–H and O–H groups in total. The first-order valence-electron chi connectivity index (χ1n) is 6.87. The minimum absolute atomic E-state index is 0.130. The molecule has 24 heavy (non-hydrogen) atoms. The average Bonchev–Trinajstić information content (AvgIpc) is 2.58. The molecule has 0 bridgehead atoms. The van der Waals surface area contributed by atoms with Crippen molar-refractivity contribution < 1.29 is 23.9 Å². The van der Waals surface area contributed by atoms with E-state index in [0.717, 1.165) is 18.2 Å². The van der Waals surface area contributed by atoms with Crippen LogP contribution in [0.5, 0.6) is 11.5 Å². The van der Waals surface area contributed by atoms with Gasteiger partial charge in [0, 0.05) is 12.1 Å². The third-order valence-corrected chi connectivity index (χ3v) is 2.98. The third-order valence-electron chi connectivity index (χ3n) is 2.98. The van der Waals surface area contributed by atoms with Crippen molar-refractivity contribution in [3.8, 4) is 17.6 Å². The summed E-state index contributed by atoms with van der Waals surface area (Å²) >= 11 is 0. The Morgan fingerprint density at radius 3 is 2.50 bits per heavy atom. The van der Waals surface area contributed by atoms with Crippen molar-refractivity contribution in [1.29, 1.82) is 5.26 Å². The number of aliphatic hydroxyl groups excluding tert-OH is 1. The van der Waals surface area contributed by atoms with Crippen molar-refractivity contribution in [2.75, 3.05) is 13.2 Å². The molecule has 1 atom stereocenters. The highest BCUT2D eigenvalue weighted by Crippen LogP contribution is 2.27. The lowest BCUT2D eigenvalue weighted by atomic mass is 10.2. The van der Waals surface area contributed by atoms with Gasteiger partial charge in [-0.1, -0.05) is 0 Å². The van der Waals surface area contributed by atoms with Crippen molar-refractivity contribution >= 4 is 5.69 Å². The quantitative estimate of drug-likeness (QED) is 0.616. The zero-order valence-corrected chi connectivity index (χ0v) is 12.4. The van der Waals surface area contributed by atoms with Crippen molar-refractivity contribution in [2.24, 2.45) is 0 Å². The first-order valence-corrected chi connectivity index (χ1v) is 6.87. The highest BCUT2D eigenvalue weighted by atomic mass is 19.1. The molecule has 2 rings (SSSR count). The van der Waals surface area contributed by atoms with E-state index in [2.05, 4.69) is 0 Å². The second-order valence-corrected chi connectivity index (χ2v) is 4.78. The van der Waals surface area contributed by atoms with E-state index in [1.165, 1.54) is 0 Å². The molecular formula is C16H13FN2O5. The molecule has 0 aromatic heterocycles. The molecule has 0 aliphatic rings. The van der Waals surface area contributed by atoms with E-state index in [0.29, 0.717) is 11.3 Å². The van der Waals surface area contributed by atoms with E-state index in [4.69, 9.17) is 14.7 Å². The lowest BCUT2D eigenvalue weighted by molar-refractivity contribution is -0.386. The van der Waals surface area contributed by atoms with Gasteiger partial charge in [-0.05, 0) is 30.3 Å². The first kappa shape index (κ1) is 17.2. The van der Waals surface area contributed by atoms with Crippen LogP contribution in [0.1, 0.15) is 5.56 Å². The van der Waals surface area contributed by atoms with Gasteiger partial charge in [-0.15, -0.1) is 0 Å². The summed E-state index contributed by atoms with van der Waals surface area (Å²) in [6.45, 7) is -0.435. The number of nitro benzene ring substituents is 1. The second kappa shape index (κ2) is 7.89. The zero-order valence-electron chi connectivity index (χ0n) is 12.4. The van der Waals surface area contributed by atoms with Crippen LogP contribution >= 0.6 is 0 Å². The maximum absolute atomic E-state index is 13.2. The van der Waals surface area contributed by atoms with Crippen LogP contribution in [0.2, 0.25) is 0 Å². The molecule has 0 amide bonds. The molecule has 0 unspecified atom stereocenters.